The van der Waals surface area contributed by atoms with Crippen LogP contribution in [0.1, 0.15) is 10.5 Å². The summed E-state index contributed by atoms with van der Waals surface area (Å²) in [5.41, 5.74) is 2.58. The highest BCUT2D eigenvalue weighted by molar-refractivity contribution is 7.14. The number of aromatic nitrogens is 2. The van der Waals surface area contributed by atoms with Crippen molar-refractivity contribution in [3.05, 3.63) is 77.6 Å². The molecule has 4 aromatic rings. The van der Waals surface area contributed by atoms with Crippen LogP contribution in [0.15, 0.2) is 66.0 Å². The molecule has 1 N–H and O–H groups in total. The van der Waals surface area contributed by atoms with Crippen molar-refractivity contribution in [3.8, 4) is 11.3 Å². The van der Waals surface area contributed by atoms with Crippen LogP contribution in [0.3, 0.4) is 0 Å². The molecular weight excluding hydrogens is 337 g/mol. The molecule has 0 bridgehead atoms. The van der Waals surface area contributed by atoms with Gasteiger partial charge in [0.15, 0.2) is 5.13 Å². The Morgan fingerprint density at radius 1 is 0.960 bits per heavy atom. The van der Waals surface area contributed by atoms with Gasteiger partial charge in [-0.2, -0.15) is 0 Å². The second-order valence-electron chi connectivity index (χ2n) is 5.39. The summed E-state index contributed by atoms with van der Waals surface area (Å²) >= 11 is 1.31. The quantitative estimate of drug-likeness (QED) is 0.581. The van der Waals surface area contributed by atoms with Crippen molar-refractivity contribution < 1.29 is 9.18 Å². The van der Waals surface area contributed by atoms with E-state index in [2.05, 4.69) is 15.3 Å². The summed E-state index contributed by atoms with van der Waals surface area (Å²) in [6.45, 7) is 0. The van der Waals surface area contributed by atoms with E-state index in [9.17, 15) is 9.18 Å². The number of para-hydroxylation sites is 1. The van der Waals surface area contributed by atoms with E-state index in [0.29, 0.717) is 16.5 Å². The Morgan fingerprint density at radius 3 is 2.60 bits per heavy atom. The molecule has 0 aliphatic heterocycles. The number of carbonyl (C=O) groups is 1. The smallest absolute Gasteiger partial charge is 0.276 e. The summed E-state index contributed by atoms with van der Waals surface area (Å²) in [6.07, 6.45) is 0. The number of anilines is 1. The predicted octanol–water partition coefficient (Wildman–Crippen LogP) is 4.75. The van der Waals surface area contributed by atoms with E-state index in [0.717, 1.165) is 16.5 Å². The summed E-state index contributed by atoms with van der Waals surface area (Å²) in [5.74, 6) is -0.611. The number of halogens is 1. The number of hydrogen-bond donors (Lipinski definition) is 1. The minimum absolute atomic E-state index is 0.296. The molecule has 0 fully saturated rings. The highest BCUT2D eigenvalue weighted by atomic mass is 32.1. The molecule has 0 radical (unpaired) electrons. The third-order valence-electron chi connectivity index (χ3n) is 3.70. The number of rotatable bonds is 3. The molecule has 2 aromatic heterocycles. The lowest BCUT2D eigenvalue weighted by atomic mass is 10.2. The molecule has 0 unspecified atom stereocenters. The van der Waals surface area contributed by atoms with Gasteiger partial charge in [-0.25, -0.2) is 14.4 Å². The number of carbonyl (C=O) groups excluding carboxylic acids is 1. The zero-order valence-corrected chi connectivity index (χ0v) is 13.8. The fraction of sp³-hybridized carbons (Fsp3) is 0. The first-order chi connectivity index (χ1) is 12.2. The van der Waals surface area contributed by atoms with Gasteiger partial charge in [0.2, 0.25) is 0 Å². The zero-order chi connectivity index (χ0) is 17.2. The molecular formula is C19H12FN3OS. The molecule has 1 amide bonds. The van der Waals surface area contributed by atoms with E-state index in [1.807, 2.05) is 35.7 Å². The first kappa shape index (κ1) is 15.4. The van der Waals surface area contributed by atoms with Gasteiger partial charge >= 0.3 is 0 Å². The number of pyridine rings is 1. The maximum Gasteiger partial charge on any atom is 0.276 e. The number of thiazole rings is 1. The molecule has 122 valence electrons. The van der Waals surface area contributed by atoms with Gasteiger partial charge in [0.1, 0.15) is 11.5 Å². The van der Waals surface area contributed by atoms with Crippen LogP contribution in [-0.4, -0.2) is 15.9 Å². The summed E-state index contributed by atoms with van der Waals surface area (Å²) in [5, 5.41) is 6.02. The van der Waals surface area contributed by atoms with Crippen LogP contribution >= 0.6 is 11.3 Å². The van der Waals surface area contributed by atoms with Crippen molar-refractivity contribution in [2.45, 2.75) is 0 Å². The second-order valence-corrected chi connectivity index (χ2v) is 6.25. The topological polar surface area (TPSA) is 54.9 Å². The third kappa shape index (κ3) is 3.25. The monoisotopic (exact) mass is 349 g/mol. The Balaban J connectivity index is 1.55. The predicted molar refractivity (Wildman–Crippen MR) is 97.2 cm³/mol. The first-order valence-electron chi connectivity index (χ1n) is 7.58. The van der Waals surface area contributed by atoms with Gasteiger partial charge in [0, 0.05) is 16.3 Å². The van der Waals surface area contributed by atoms with Crippen LogP contribution in [0.4, 0.5) is 9.52 Å². The van der Waals surface area contributed by atoms with Crippen molar-refractivity contribution in [1.82, 2.24) is 9.97 Å². The minimum Gasteiger partial charge on any atom is -0.296 e. The molecule has 25 heavy (non-hydrogen) atoms. The lowest BCUT2D eigenvalue weighted by Gasteiger charge is -2.03. The fourth-order valence-electron chi connectivity index (χ4n) is 2.44. The molecule has 4 nitrogen and oxygen atoms in total. The average Bonchev–Trinajstić information content (AvgIpc) is 3.10. The summed E-state index contributed by atoms with van der Waals surface area (Å²) < 4.78 is 13.0. The van der Waals surface area contributed by atoms with E-state index in [1.54, 1.807) is 18.2 Å². The molecule has 6 heteroatoms. The molecule has 0 aliphatic carbocycles. The molecule has 2 heterocycles. The average molecular weight is 349 g/mol. The molecule has 0 saturated carbocycles. The molecule has 0 spiro atoms. The van der Waals surface area contributed by atoms with Gasteiger partial charge in [0.05, 0.1) is 11.2 Å². The van der Waals surface area contributed by atoms with Crippen molar-refractivity contribution in [3.63, 3.8) is 0 Å². The van der Waals surface area contributed by atoms with Crippen molar-refractivity contribution in [2.75, 3.05) is 5.32 Å². The maximum absolute atomic E-state index is 13.0. The standard InChI is InChI=1S/C19H12FN3OS/c20-14-8-5-13(6-9-14)17-11-25-19(22-17)23-18(24)16-10-7-12-3-1-2-4-15(12)21-16/h1-11H,(H,22,23,24). The maximum atomic E-state index is 13.0. The summed E-state index contributed by atoms with van der Waals surface area (Å²) in [7, 11) is 0. The van der Waals surface area contributed by atoms with E-state index in [1.165, 1.54) is 23.5 Å². The zero-order valence-electron chi connectivity index (χ0n) is 12.9. The fourth-order valence-corrected chi connectivity index (χ4v) is 3.15. The van der Waals surface area contributed by atoms with Crippen molar-refractivity contribution in [1.29, 1.82) is 0 Å². The Kier molecular flexibility index (Phi) is 3.95. The van der Waals surface area contributed by atoms with Gasteiger partial charge in [-0.05, 0) is 36.4 Å². The van der Waals surface area contributed by atoms with Crippen LogP contribution < -0.4 is 5.32 Å². The van der Waals surface area contributed by atoms with Gasteiger partial charge in [-0.3, -0.25) is 10.1 Å². The second kappa shape index (κ2) is 6.41. The van der Waals surface area contributed by atoms with Crippen molar-refractivity contribution in [2.24, 2.45) is 0 Å². The largest absolute Gasteiger partial charge is 0.296 e. The van der Waals surface area contributed by atoms with Crippen molar-refractivity contribution >= 4 is 33.3 Å². The van der Waals surface area contributed by atoms with E-state index in [4.69, 9.17) is 0 Å². The van der Waals surface area contributed by atoms with Crippen LogP contribution in [0.2, 0.25) is 0 Å². The van der Waals surface area contributed by atoms with Crippen LogP contribution in [-0.2, 0) is 0 Å². The highest BCUT2D eigenvalue weighted by Gasteiger charge is 2.12. The number of nitrogens with one attached hydrogen (secondary N) is 1. The molecule has 0 aliphatic rings. The number of nitrogens with zero attached hydrogens (tertiary/aromatic N) is 2. The number of fused-ring (bicyclic) bond motifs is 1. The number of amides is 1. The SMILES string of the molecule is O=C(Nc1nc(-c2ccc(F)cc2)cs1)c1ccc2ccccc2n1. The van der Waals surface area contributed by atoms with Gasteiger partial charge in [0.25, 0.3) is 5.91 Å². The lowest BCUT2D eigenvalue weighted by molar-refractivity contribution is 0.102. The molecule has 0 saturated heterocycles. The van der Waals surface area contributed by atoms with E-state index in [-0.39, 0.29) is 11.7 Å². The summed E-state index contributed by atoms with van der Waals surface area (Å²) in [4.78, 5) is 21.1. The third-order valence-corrected chi connectivity index (χ3v) is 4.45. The van der Waals surface area contributed by atoms with Gasteiger partial charge in [-0.15, -0.1) is 11.3 Å². The summed E-state index contributed by atoms with van der Waals surface area (Å²) in [6, 6.07) is 17.2. The Labute approximate surface area is 147 Å². The van der Waals surface area contributed by atoms with Crippen LogP contribution in [0.5, 0.6) is 0 Å². The molecule has 2 aromatic carbocycles. The Bertz CT molecular complexity index is 1060. The van der Waals surface area contributed by atoms with Crippen LogP contribution in [0, 0.1) is 5.82 Å². The first-order valence-corrected chi connectivity index (χ1v) is 8.46. The van der Waals surface area contributed by atoms with Gasteiger partial charge < -0.3 is 0 Å². The number of benzene rings is 2. The highest BCUT2D eigenvalue weighted by Crippen LogP contribution is 2.25. The van der Waals surface area contributed by atoms with Crippen LogP contribution in [0.25, 0.3) is 22.2 Å². The normalized spacial score (nSPS) is 10.8. The molecule has 4 rings (SSSR count). The number of hydrogen-bond acceptors (Lipinski definition) is 4. The minimum atomic E-state index is -0.314. The van der Waals surface area contributed by atoms with E-state index >= 15 is 0 Å². The van der Waals surface area contributed by atoms with E-state index < -0.39 is 0 Å². The molecule has 0 atom stereocenters. The lowest BCUT2D eigenvalue weighted by Crippen LogP contribution is -2.13. The van der Waals surface area contributed by atoms with Gasteiger partial charge in [-0.1, -0.05) is 24.3 Å². The Hall–Kier alpha value is -3.12. The Morgan fingerprint density at radius 2 is 1.76 bits per heavy atom.